The van der Waals surface area contributed by atoms with Crippen molar-refractivity contribution in [3.8, 4) is 10.7 Å². The summed E-state index contributed by atoms with van der Waals surface area (Å²) in [4.78, 5) is 20.7. The molecule has 2 unspecified atom stereocenters. The minimum atomic E-state index is -0.0222. The van der Waals surface area contributed by atoms with Gasteiger partial charge in [-0.3, -0.25) is 9.69 Å². The van der Waals surface area contributed by atoms with Gasteiger partial charge in [-0.2, -0.15) is 4.98 Å². The molecule has 1 aromatic carbocycles. The van der Waals surface area contributed by atoms with E-state index in [4.69, 9.17) is 4.52 Å². The first-order chi connectivity index (χ1) is 14.5. The molecule has 4 rings (SSSR count). The van der Waals surface area contributed by atoms with Gasteiger partial charge in [-0.1, -0.05) is 35.0 Å². The van der Waals surface area contributed by atoms with Crippen LogP contribution in [-0.2, 0) is 11.3 Å². The molecule has 0 spiro atoms. The van der Waals surface area contributed by atoms with E-state index in [0.717, 1.165) is 24.3 Å². The summed E-state index contributed by atoms with van der Waals surface area (Å²) in [6.45, 7) is 8.46. The Balaban J connectivity index is 1.35. The van der Waals surface area contributed by atoms with Crippen molar-refractivity contribution in [3.05, 3.63) is 58.3 Å². The molecule has 158 valence electrons. The highest BCUT2D eigenvalue weighted by atomic mass is 32.1. The number of aromatic nitrogens is 2. The van der Waals surface area contributed by atoms with Crippen LogP contribution >= 0.6 is 11.3 Å². The zero-order valence-electron chi connectivity index (χ0n) is 17.7. The molecule has 0 aliphatic carbocycles. The molecule has 1 aliphatic rings. The lowest BCUT2D eigenvalue weighted by molar-refractivity contribution is -0.127. The van der Waals surface area contributed by atoms with Crippen LogP contribution in [-0.4, -0.2) is 34.0 Å². The summed E-state index contributed by atoms with van der Waals surface area (Å²) in [6.07, 6.45) is 1.90. The van der Waals surface area contributed by atoms with Gasteiger partial charge < -0.3 is 9.84 Å². The lowest BCUT2D eigenvalue weighted by atomic mass is 9.95. The first-order valence-corrected chi connectivity index (χ1v) is 11.3. The highest BCUT2D eigenvalue weighted by Crippen LogP contribution is 2.24. The maximum Gasteiger partial charge on any atom is 0.241 e. The summed E-state index contributed by atoms with van der Waals surface area (Å²) in [6, 6.07) is 10.3. The second kappa shape index (κ2) is 9.10. The van der Waals surface area contributed by atoms with E-state index in [1.165, 1.54) is 16.7 Å². The third kappa shape index (κ3) is 4.79. The van der Waals surface area contributed by atoms with Gasteiger partial charge in [0, 0.05) is 6.54 Å². The van der Waals surface area contributed by atoms with Crippen LogP contribution in [0, 0.1) is 19.8 Å². The summed E-state index contributed by atoms with van der Waals surface area (Å²) in [5.74, 6) is 1.33. The zero-order valence-corrected chi connectivity index (χ0v) is 18.5. The fourth-order valence-electron chi connectivity index (χ4n) is 4.06. The number of rotatable bonds is 6. The molecule has 1 N–H and O–H groups in total. The van der Waals surface area contributed by atoms with Crippen LogP contribution in [0.1, 0.15) is 48.4 Å². The van der Waals surface area contributed by atoms with Crippen LogP contribution in [0.15, 0.2) is 40.2 Å². The van der Waals surface area contributed by atoms with Crippen LogP contribution in [0.2, 0.25) is 0 Å². The van der Waals surface area contributed by atoms with E-state index in [2.05, 4.69) is 59.3 Å². The Morgan fingerprint density at radius 1 is 1.37 bits per heavy atom. The zero-order chi connectivity index (χ0) is 21.1. The number of hydrogen-bond donors (Lipinski definition) is 1. The van der Waals surface area contributed by atoms with E-state index in [-0.39, 0.29) is 17.9 Å². The second-order valence-electron chi connectivity index (χ2n) is 8.15. The average Bonchev–Trinajstić information content (AvgIpc) is 3.42. The van der Waals surface area contributed by atoms with Crippen LogP contribution in [0.4, 0.5) is 0 Å². The Kier molecular flexibility index (Phi) is 6.29. The van der Waals surface area contributed by atoms with Crippen molar-refractivity contribution < 1.29 is 9.32 Å². The molecule has 3 heterocycles. The molecule has 0 bridgehead atoms. The highest BCUT2D eigenvalue weighted by molar-refractivity contribution is 7.13. The first kappa shape index (κ1) is 20.8. The third-order valence-corrected chi connectivity index (χ3v) is 6.57. The number of hydrogen-bond acceptors (Lipinski definition) is 6. The average molecular weight is 425 g/mol. The van der Waals surface area contributed by atoms with Crippen LogP contribution in [0.25, 0.3) is 10.7 Å². The van der Waals surface area contributed by atoms with Crippen molar-refractivity contribution in [2.45, 2.75) is 46.2 Å². The summed E-state index contributed by atoms with van der Waals surface area (Å²) in [5.41, 5.74) is 3.60. The largest absolute Gasteiger partial charge is 0.349 e. The number of thiophene rings is 1. The van der Waals surface area contributed by atoms with E-state index < -0.39 is 0 Å². The van der Waals surface area contributed by atoms with E-state index in [1.807, 2.05) is 17.5 Å². The minimum Gasteiger partial charge on any atom is -0.349 e. The van der Waals surface area contributed by atoms with Gasteiger partial charge in [0.2, 0.25) is 17.6 Å². The maximum absolute atomic E-state index is 12.9. The Morgan fingerprint density at radius 2 is 2.23 bits per heavy atom. The number of likely N-dealkylation sites (tertiary alicyclic amines) is 1. The van der Waals surface area contributed by atoms with Gasteiger partial charge in [-0.15, -0.1) is 11.3 Å². The first-order valence-electron chi connectivity index (χ1n) is 10.5. The molecule has 1 fully saturated rings. The fourth-order valence-corrected chi connectivity index (χ4v) is 4.71. The maximum atomic E-state index is 12.9. The molecule has 6 nitrogen and oxygen atoms in total. The van der Waals surface area contributed by atoms with Gasteiger partial charge in [-0.05, 0) is 62.7 Å². The van der Waals surface area contributed by atoms with E-state index in [0.29, 0.717) is 24.8 Å². The quantitative estimate of drug-likeness (QED) is 0.631. The summed E-state index contributed by atoms with van der Waals surface area (Å²) in [5, 5.41) is 9.31. The minimum absolute atomic E-state index is 0.00271. The molecule has 0 radical (unpaired) electrons. The summed E-state index contributed by atoms with van der Waals surface area (Å²) in [7, 11) is 0. The van der Waals surface area contributed by atoms with E-state index >= 15 is 0 Å². The van der Waals surface area contributed by atoms with E-state index in [9.17, 15) is 4.79 Å². The van der Waals surface area contributed by atoms with Crippen molar-refractivity contribution in [2.75, 3.05) is 13.1 Å². The van der Waals surface area contributed by atoms with Crippen molar-refractivity contribution >= 4 is 17.2 Å². The molecular formula is C23H28N4O2S. The lowest BCUT2D eigenvalue weighted by Gasteiger charge is -2.31. The van der Waals surface area contributed by atoms with Crippen molar-refractivity contribution in [1.82, 2.24) is 20.4 Å². The Morgan fingerprint density at radius 3 is 3.03 bits per heavy atom. The molecule has 7 heteroatoms. The van der Waals surface area contributed by atoms with Crippen molar-refractivity contribution in [1.29, 1.82) is 0 Å². The third-order valence-electron chi connectivity index (χ3n) is 5.70. The topological polar surface area (TPSA) is 71.3 Å². The number of piperidine rings is 1. The van der Waals surface area contributed by atoms with Crippen molar-refractivity contribution in [3.63, 3.8) is 0 Å². The van der Waals surface area contributed by atoms with Gasteiger partial charge in [0.25, 0.3) is 0 Å². The molecule has 30 heavy (non-hydrogen) atoms. The number of carbonyl (C=O) groups excluding carboxylic acids is 1. The number of benzene rings is 1. The molecule has 2 aromatic heterocycles. The molecule has 2 atom stereocenters. The van der Waals surface area contributed by atoms with E-state index in [1.54, 1.807) is 11.3 Å². The van der Waals surface area contributed by atoms with Gasteiger partial charge >= 0.3 is 0 Å². The molecule has 1 amide bonds. The Labute approximate surface area is 181 Å². The number of amides is 1. The lowest BCUT2D eigenvalue weighted by Crippen LogP contribution is -2.43. The van der Waals surface area contributed by atoms with Gasteiger partial charge in [0.05, 0.1) is 23.4 Å². The number of aryl methyl sites for hydroxylation is 2. The Hall–Kier alpha value is -2.51. The second-order valence-corrected chi connectivity index (χ2v) is 9.10. The highest BCUT2D eigenvalue weighted by Gasteiger charge is 2.28. The van der Waals surface area contributed by atoms with Gasteiger partial charge in [-0.25, -0.2) is 0 Å². The molecule has 1 aliphatic heterocycles. The summed E-state index contributed by atoms with van der Waals surface area (Å²) >= 11 is 1.59. The van der Waals surface area contributed by atoms with Gasteiger partial charge in [0.1, 0.15) is 0 Å². The predicted molar refractivity (Wildman–Crippen MR) is 118 cm³/mol. The SMILES string of the molecule is Cc1ccc(C)c(C(C)NC(=O)C2CCCN(Cc3nc(-c4cccs4)no3)C2)c1. The fraction of sp³-hybridized carbons (Fsp3) is 0.435. The van der Waals surface area contributed by atoms with Gasteiger partial charge in [0.15, 0.2) is 0 Å². The molecular weight excluding hydrogens is 396 g/mol. The molecule has 0 saturated carbocycles. The number of nitrogens with zero attached hydrogens (tertiary/aromatic N) is 3. The Bertz CT molecular complexity index is 999. The number of nitrogens with one attached hydrogen (secondary N) is 1. The number of carbonyl (C=O) groups is 1. The normalized spacial score (nSPS) is 18.3. The van der Waals surface area contributed by atoms with Crippen LogP contribution in [0.3, 0.4) is 0 Å². The van der Waals surface area contributed by atoms with Crippen molar-refractivity contribution in [2.24, 2.45) is 5.92 Å². The molecule has 3 aromatic rings. The van der Waals surface area contributed by atoms with Crippen LogP contribution < -0.4 is 5.32 Å². The predicted octanol–water partition coefficient (Wildman–Crippen LogP) is 4.50. The smallest absolute Gasteiger partial charge is 0.241 e. The molecule has 1 saturated heterocycles. The summed E-state index contributed by atoms with van der Waals surface area (Å²) < 4.78 is 5.44. The standard InChI is InChI=1S/C23H28N4O2S/c1-15-8-9-16(2)19(12-15)17(3)24-23(28)18-6-4-10-27(13-18)14-21-25-22(26-29-21)20-7-5-11-30-20/h5,7-9,11-12,17-18H,4,6,10,13-14H2,1-3H3,(H,24,28). The van der Waals surface area contributed by atoms with Crippen LogP contribution in [0.5, 0.6) is 0 Å². The monoisotopic (exact) mass is 424 g/mol.